The van der Waals surface area contributed by atoms with Crippen molar-refractivity contribution in [3.05, 3.63) is 11.8 Å². The molecule has 3 heterocycles. The molecule has 26 nitrogen and oxygen atoms in total. The predicted molar refractivity (Wildman–Crippen MR) is 289 cm³/mol. The first-order valence-electron chi connectivity index (χ1n) is 27.5. The number of carbonyl (C=O) groups excluding carboxylic acids is 6. The summed E-state index contributed by atoms with van der Waals surface area (Å²) in [6.45, 7) is 26.4. The van der Waals surface area contributed by atoms with Gasteiger partial charge in [-0.15, -0.1) is 0 Å². The average Bonchev–Trinajstić information content (AvgIpc) is 3.26. The van der Waals surface area contributed by atoms with Crippen molar-refractivity contribution in [3.63, 3.8) is 0 Å². The van der Waals surface area contributed by atoms with Crippen LogP contribution in [0.25, 0.3) is 0 Å². The molecule has 4 rings (SSSR count). The van der Waals surface area contributed by atoms with Gasteiger partial charge in [-0.25, -0.2) is 24.0 Å². The molecule has 1 unspecified atom stereocenters. The quantitative estimate of drug-likeness (QED) is 0.105. The van der Waals surface area contributed by atoms with E-state index in [9.17, 15) is 54.3 Å². The fourth-order valence-corrected chi connectivity index (χ4v) is 9.75. The van der Waals surface area contributed by atoms with Crippen molar-refractivity contribution < 1.29 is 92.2 Å². The van der Waals surface area contributed by atoms with E-state index in [2.05, 4.69) is 26.6 Å². The van der Waals surface area contributed by atoms with Gasteiger partial charge < -0.3 is 99.8 Å². The highest BCUT2D eigenvalue weighted by molar-refractivity contribution is 5.81. The molecule has 12 atom stereocenters. The molecule has 0 bridgehead atoms. The molecule has 3 aliphatic heterocycles. The van der Waals surface area contributed by atoms with E-state index in [-0.39, 0.29) is 64.8 Å². The molecule has 26 heteroatoms. The fourth-order valence-electron chi connectivity index (χ4n) is 9.75. The molecule has 0 aromatic heterocycles. The highest BCUT2D eigenvalue weighted by Crippen LogP contribution is 2.39. The number of rotatable bonds is 15. The monoisotopic (exact) mass is 1150 g/mol. The Balaban J connectivity index is 1.76. The minimum atomic E-state index is -1.90. The molecule has 2 saturated heterocycles. The number of amides is 6. The summed E-state index contributed by atoms with van der Waals surface area (Å²) in [6, 6.07) is -5.01. The van der Waals surface area contributed by atoms with Crippen molar-refractivity contribution in [2.24, 2.45) is 5.92 Å². The molecule has 3 fully saturated rings. The summed E-state index contributed by atoms with van der Waals surface area (Å²) in [6.07, 6.45) is -12.4. The van der Waals surface area contributed by atoms with Crippen molar-refractivity contribution >= 4 is 36.4 Å². The summed E-state index contributed by atoms with van der Waals surface area (Å²) in [5, 5.41) is 73.7. The molecule has 10 N–H and O–H groups in total. The highest BCUT2D eigenvalue weighted by Gasteiger charge is 2.57. The molecule has 4 aliphatic rings. The van der Waals surface area contributed by atoms with Crippen LogP contribution in [0, 0.1) is 5.92 Å². The van der Waals surface area contributed by atoms with Crippen LogP contribution in [-0.4, -0.2) is 218 Å². The number of piperidine rings is 1. The molecule has 1 aliphatic carbocycles. The second kappa shape index (κ2) is 26.5. The molecule has 1 saturated carbocycles. The van der Waals surface area contributed by atoms with Crippen molar-refractivity contribution in [2.45, 2.75) is 243 Å². The van der Waals surface area contributed by atoms with E-state index < -0.39 is 149 Å². The maximum atomic E-state index is 14.0. The fraction of sp³-hybridized carbons (Fsp3) is 0.852. The van der Waals surface area contributed by atoms with E-state index in [0.717, 1.165) is 4.90 Å². The molecule has 0 aromatic rings. The normalized spacial score (nSPS) is 28.8. The summed E-state index contributed by atoms with van der Waals surface area (Å²) in [4.78, 5) is 82.7. The highest BCUT2D eigenvalue weighted by atomic mass is 16.7. The van der Waals surface area contributed by atoms with Crippen LogP contribution >= 0.6 is 0 Å². The van der Waals surface area contributed by atoms with E-state index in [4.69, 9.17) is 37.9 Å². The van der Waals surface area contributed by atoms with Gasteiger partial charge in [-0.2, -0.15) is 0 Å². The van der Waals surface area contributed by atoms with E-state index in [0.29, 0.717) is 5.76 Å². The second-order valence-corrected chi connectivity index (χ2v) is 26.6. The number of hydrogen-bond donors (Lipinski definition) is 10. The maximum absolute atomic E-state index is 14.0. The van der Waals surface area contributed by atoms with Crippen molar-refractivity contribution in [1.29, 1.82) is 0 Å². The van der Waals surface area contributed by atoms with Crippen LogP contribution in [0.2, 0.25) is 0 Å². The Labute approximate surface area is 470 Å². The minimum Gasteiger partial charge on any atom is -0.491 e. The van der Waals surface area contributed by atoms with Gasteiger partial charge in [0.05, 0.1) is 43.0 Å². The third-order valence-electron chi connectivity index (χ3n) is 13.2. The number of aliphatic hydroxyl groups is 5. The van der Waals surface area contributed by atoms with Gasteiger partial charge in [0.1, 0.15) is 63.8 Å². The lowest BCUT2D eigenvalue weighted by Gasteiger charge is -2.52. The number of carbonyl (C=O) groups is 6. The van der Waals surface area contributed by atoms with Gasteiger partial charge in [0.2, 0.25) is 5.91 Å². The van der Waals surface area contributed by atoms with Crippen molar-refractivity contribution in [3.8, 4) is 0 Å². The van der Waals surface area contributed by atoms with Crippen LogP contribution in [0.15, 0.2) is 11.8 Å². The van der Waals surface area contributed by atoms with Crippen LogP contribution < -0.4 is 26.6 Å². The van der Waals surface area contributed by atoms with Gasteiger partial charge in [0, 0.05) is 45.2 Å². The zero-order valence-corrected chi connectivity index (χ0v) is 50.1. The Hall–Kier alpha value is -4.96. The van der Waals surface area contributed by atoms with Gasteiger partial charge in [-0.05, 0) is 149 Å². The standard InChI is InChI=1S/C54H95N7O19/c1-48(2,3)76-43(66)56-23-20-34(62)41(65)57-33-26-32(59-45(68)78-50(7,8)9)35(36(63)39(33)75-42-37(64)40(53(16,71)29-73-42)60(17)46(69)79-51(10,11)12)38-31(58-44(67)77-49(4,5)6)19-18-30(74-38)27-55-28-54(72)21-24-61(25-22-54)47(70)80-52(13,14)15/h18,31-40,42,55,62-64,71-72H,19-29H2,1-17H3,(H,56,66)(H,57,65)(H,58,67)(H,59,68)/t31-,32+,33-,34+,35?,36+,37-,38+,39+,40-,42-,53+/m1/s1. The Kier molecular flexibility index (Phi) is 22.4. The summed E-state index contributed by atoms with van der Waals surface area (Å²) < 4.78 is 46.9. The van der Waals surface area contributed by atoms with Crippen LogP contribution in [0.5, 0.6) is 0 Å². The zero-order chi connectivity index (χ0) is 60.7. The molecule has 0 radical (unpaired) electrons. The third kappa shape index (κ3) is 21.1. The summed E-state index contributed by atoms with van der Waals surface area (Å²) in [7, 11) is 1.31. The number of likely N-dealkylation sites (N-methyl/N-ethyl adjacent to an activating group) is 1. The van der Waals surface area contributed by atoms with Crippen LogP contribution in [0.4, 0.5) is 24.0 Å². The third-order valence-corrected chi connectivity index (χ3v) is 13.2. The minimum absolute atomic E-state index is 0.0224. The predicted octanol–water partition coefficient (Wildman–Crippen LogP) is 3.03. The second-order valence-electron chi connectivity index (χ2n) is 26.6. The average molecular weight is 1150 g/mol. The number of aliphatic hydroxyl groups excluding tert-OH is 3. The van der Waals surface area contributed by atoms with Crippen LogP contribution in [0.1, 0.15) is 143 Å². The lowest BCUT2D eigenvalue weighted by atomic mass is 9.72. The van der Waals surface area contributed by atoms with Gasteiger partial charge in [-0.3, -0.25) is 4.79 Å². The summed E-state index contributed by atoms with van der Waals surface area (Å²) in [5.41, 5.74) is -7.58. The van der Waals surface area contributed by atoms with E-state index >= 15 is 0 Å². The molecule has 6 amide bonds. The number of likely N-dealkylation sites (tertiary alicyclic amines) is 1. The van der Waals surface area contributed by atoms with Crippen molar-refractivity contribution in [1.82, 2.24) is 36.4 Å². The lowest BCUT2D eigenvalue weighted by Crippen LogP contribution is -2.71. The largest absolute Gasteiger partial charge is 0.491 e. The Bertz CT molecular complexity index is 2150. The first-order chi connectivity index (χ1) is 36.5. The molecule has 0 spiro atoms. The Morgan fingerprint density at radius 1 is 0.738 bits per heavy atom. The molecule has 80 heavy (non-hydrogen) atoms. The Morgan fingerprint density at radius 3 is 1.80 bits per heavy atom. The molecule has 0 aromatic carbocycles. The summed E-state index contributed by atoms with van der Waals surface area (Å²) in [5.74, 6) is -1.98. The zero-order valence-electron chi connectivity index (χ0n) is 50.1. The number of alkyl carbamates (subject to hydrolysis) is 3. The van der Waals surface area contributed by atoms with Crippen LogP contribution in [0.3, 0.4) is 0 Å². The first kappa shape index (κ1) is 67.5. The number of nitrogens with one attached hydrogen (secondary N) is 5. The van der Waals surface area contributed by atoms with E-state index in [1.807, 2.05) is 0 Å². The van der Waals surface area contributed by atoms with Gasteiger partial charge in [-0.1, -0.05) is 0 Å². The van der Waals surface area contributed by atoms with E-state index in [1.165, 1.54) is 14.0 Å². The number of hydrogen-bond acceptors (Lipinski definition) is 20. The van der Waals surface area contributed by atoms with Gasteiger partial charge in [0.25, 0.3) is 0 Å². The maximum Gasteiger partial charge on any atom is 0.410 e. The Morgan fingerprint density at radius 2 is 1.26 bits per heavy atom. The van der Waals surface area contributed by atoms with Crippen molar-refractivity contribution in [2.75, 3.05) is 46.4 Å². The topological polar surface area (TPSA) is 344 Å². The number of ether oxygens (including phenoxy) is 8. The molecule has 460 valence electrons. The van der Waals surface area contributed by atoms with Crippen LogP contribution in [-0.2, 0) is 42.7 Å². The molecular weight excluding hydrogens is 1050 g/mol. The van der Waals surface area contributed by atoms with E-state index in [1.54, 1.807) is 115 Å². The van der Waals surface area contributed by atoms with Gasteiger partial charge >= 0.3 is 30.5 Å². The first-order valence-corrected chi connectivity index (χ1v) is 27.5. The molecular formula is C54H95N7O19. The SMILES string of the molecule is CN(C(=O)OC(C)(C)C)[C@@H]1[C@@H](O)[C@@H](O[C@H]2[C@H](NC(=O)[C@@H](O)CCNC(=O)OC(C)(C)C)C[C@H](NC(=O)OC(C)(C)C)C([C@H]3OC(CNCC4(O)CCN(C(=O)OC(C)(C)C)CC4)=CC[C@H]3NC(=O)OC(C)(C)C)[C@@H]2O)OC[C@]1(C)O. The van der Waals surface area contributed by atoms with Gasteiger partial charge in [0.15, 0.2) is 6.29 Å². The number of nitrogens with zero attached hydrogens (tertiary/aromatic N) is 2. The smallest absolute Gasteiger partial charge is 0.410 e. The lowest BCUT2D eigenvalue weighted by molar-refractivity contribution is -0.305. The summed E-state index contributed by atoms with van der Waals surface area (Å²) >= 11 is 0.